The normalized spacial score (nSPS) is 10.6. The molecule has 4 nitrogen and oxygen atoms in total. The van der Waals surface area contributed by atoms with Gasteiger partial charge in [0.15, 0.2) is 0 Å². The molecule has 0 unspecified atom stereocenters. The van der Waals surface area contributed by atoms with Crippen molar-refractivity contribution >= 4 is 17.4 Å². The predicted molar refractivity (Wildman–Crippen MR) is 64.2 cm³/mol. The van der Waals surface area contributed by atoms with Crippen LogP contribution in [-0.4, -0.2) is 21.5 Å². The van der Waals surface area contributed by atoms with E-state index < -0.39 is 0 Å². The zero-order valence-corrected chi connectivity index (χ0v) is 9.35. The first-order valence-corrected chi connectivity index (χ1v) is 5.28. The predicted octanol–water partition coefficient (Wildman–Crippen LogP) is 1.78. The molecule has 0 spiro atoms. The number of anilines is 1. The van der Waals surface area contributed by atoms with Gasteiger partial charge >= 0.3 is 0 Å². The van der Waals surface area contributed by atoms with Crippen molar-refractivity contribution in [2.24, 2.45) is 0 Å². The van der Waals surface area contributed by atoms with Gasteiger partial charge in [-0.05, 0) is 12.1 Å². The minimum Gasteiger partial charge on any atom is -0.394 e. The molecule has 0 atom stereocenters. The van der Waals surface area contributed by atoms with Crippen molar-refractivity contribution in [3.63, 3.8) is 0 Å². The van der Waals surface area contributed by atoms with Crippen LogP contribution in [0.15, 0.2) is 30.3 Å². The van der Waals surface area contributed by atoms with Crippen molar-refractivity contribution in [2.75, 3.05) is 12.3 Å². The standard InChI is InChI=1S/C11H12ClN3O/c12-9-3-1-2-8(6-9)10-7-11(13)15(14-10)4-5-16/h1-3,6-7,16H,4-5,13H2. The first-order valence-electron chi connectivity index (χ1n) is 4.91. The van der Waals surface area contributed by atoms with Crippen molar-refractivity contribution in [3.05, 3.63) is 35.4 Å². The van der Waals surface area contributed by atoms with E-state index in [-0.39, 0.29) is 6.61 Å². The Labute approximate surface area is 98.3 Å². The Morgan fingerprint density at radius 2 is 2.19 bits per heavy atom. The first-order chi connectivity index (χ1) is 7.70. The lowest BCUT2D eigenvalue weighted by molar-refractivity contribution is 0.270. The lowest BCUT2D eigenvalue weighted by Gasteiger charge is -1.99. The molecule has 0 fully saturated rings. The van der Waals surface area contributed by atoms with E-state index in [0.717, 1.165) is 11.3 Å². The second kappa shape index (κ2) is 4.55. The highest BCUT2D eigenvalue weighted by molar-refractivity contribution is 6.30. The summed E-state index contributed by atoms with van der Waals surface area (Å²) in [6.45, 7) is 0.410. The van der Waals surface area contributed by atoms with Crippen molar-refractivity contribution in [3.8, 4) is 11.3 Å². The third-order valence-electron chi connectivity index (χ3n) is 2.24. The Hall–Kier alpha value is -1.52. The van der Waals surface area contributed by atoms with Gasteiger partial charge in [0.25, 0.3) is 0 Å². The van der Waals surface area contributed by atoms with E-state index in [9.17, 15) is 0 Å². The summed E-state index contributed by atoms with van der Waals surface area (Å²) in [4.78, 5) is 0. The van der Waals surface area contributed by atoms with E-state index in [2.05, 4.69) is 5.10 Å². The topological polar surface area (TPSA) is 64.1 Å². The third kappa shape index (κ3) is 2.18. The number of nitrogens with two attached hydrogens (primary N) is 1. The van der Waals surface area contributed by atoms with Gasteiger partial charge in [-0.1, -0.05) is 23.7 Å². The SMILES string of the molecule is Nc1cc(-c2cccc(Cl)c2)nn1CCO. The van der Waals surface area contributed by atoms with Gasteiger partial charge in [0.1, 0.15) is 5.82 Å². The molecule has 1 aromatic carbocycles. The Morgan fingerprint density at radius 1 is 1.38 bits per heavy atom. The molecular formula is C11H12ClN3O. The summed E-state index contributed by atoms with van der Waals surface area (Å²) in [5, 5.41) is 13.8. The molecule has 84 valence electrons. The highest BCUT2D eigenvalue weighted by Gasteiger charge is 2.06. The second-order valence-corrected chi connectivity index (χ2v) is 3.85. The number of benzene rings is 1. The molecule has 0 aliphatic heterocycles. The maximum Gasteiger partial charge on any atom is 0.122 e. The molecule has 0 saturated carbocycles. The molecule has 0 amide bonds. The maximum absolute atomic E-state index is 8.83. The van der Waals surface area contributed by atoms with E-state index in [4.69, 9.17) is 22.4 Å². The Kier molecular flexibility index (Phi) is 3.12. The van der Waals surface area contributed by atoms with E-state index >= 15 is 0 Å². The van der Waals surface area contributed by atoms with Crippen LogP contribution in [0.25, 0.3) is 11.3 Å². The van der Waals surface area contributed by atoms with Gasteiger partial charge < -0.3 is 10.8 Å². The van der Waals surface area contributed by atoms with E-state index in [0.29, 0.717) is 17.4 Å². The molecule has 3 N–H and O–H groups in total. The number of aliphatic hydroxyl groups excluding tert-OH is 1. The Bertz CT molecular complexity index is 496. The van der Waals surface area contributed by atoms with Crippen LogP contribution in [0.1, 0.15) is 0 Å². The largest absolute Gasteiger partial charge is 0.394 e. The molecule has 0 aliphatic carbocycles. The number of rotatable bonds is 3. The van der Waals surface area contributed by atoms with Crippen molar-refractivity contribution in [1.29, 1.82) is 0 Å². The van der Waals surface area contributed by atoms with Crippen LogP contribution in [0.5, 0.6) is 0 Å². The lowest BCUT2D eigenvalue weighted by Crippen LogP contribution is -2.07. The van der Waals surface area contributed by atoms with Crippen molar-refractivity contribution < 1.29 is 5.11 Å². The number of aliphatic hydroxyl groups is 1. The van der Waals surface area contributed by atoms with E-state index in [1.807, 2.05) is 18.2 Å². The van der Waals surface area contributed by atoms with Crippen molar-refractivity contribution in [1.82, 2.24) is 9.78 Å². The second-order valence-electron chi connectivity index (χ2n) is 3.41. The summed E-state index contributed by atoms with van der Waals surface area (Å²) in [5.74, 6) is 0.532. The van der Waals surface area contributed by atoms with Gasteiger partial charge in [-0.25, -0.2) is 4.68 Å². The molecular weight excluding hydrogens is 226 g/mol. The van der Waals surface area contributed by atoms with Gasteiger partial charge in [-0.3, -0.25) is 0 Å². The average molecular weight is 238 g/mol. The summed E-state index contributed by atoms with van der Waals surface area (Å²) in [6, 6.07) is 9.17. The molecule has 0 radical (unpaired) electrons. The summed E-state index contributed by atoms with van der Waals surface area (Å²) < 4.78 is 1.57. The Balaban J connectivity index is 2.37. The van der Waals surface area contributed by atoms with Crippen LogP contribution < -0.4 is 5.73 Å². The number of nitrogens with zero attached hydrogens (tertiary/aromatic N) is 2. The molecule has 0 saturated heterocycles. The highest BCUT2D eigenvalue weighted by Crippen LogP contribution is 2.23. The monoisotopic (exact) mass is 237 g/mol. The fourth-order valence-electron chi connectivity index (χ4n) is 1.49. The number of nitrogen functional groups attached to an aromatic ring is 1. The van der Waals surface area contributed by atoms with Crippen LogP contribution in [0.3, 0.4) is 0 Å². The van der Waals surface area contributed by atoms with E-state index in [1.165, 1.54) is 0 Å². The summed E-state index contributed by atoms with van der Waals surface area (Å²) >= 11 is 5.90. The van der Waals surface area contributed by atoms with Crippen LogP contribution in [0, 0.1) is 0 Å². The maximum atomic E-state index is 8.83. The van der Waals surface area contributed by atoms with Gasteiger partial charge in [-0.2, -0.15) is 5.10 Å². The number of aromatic nitrogens is 2. The number of halogens is 1. The number of hydrogen-bond donors (Lipinski definition) is 2. The van der Waals surface area contributed by atoms with Gasteiger partial charge in [0.05, 0.1) is 18.8 Å². The third-order valence-corrected chi connectivity index (χ3v) is 2.48. The minimum absolute atomic E-state index is 0.0147. The summed E-state index contributed by atoms with van der Waals surface area (Å²) in [7, 11) is 0. The smallest absolute Gasteiger partial charge is 0.122 e. The minimum atomic E-state index is 0.0147. The molecule has 2 rings (SSSR count). The van der Waals surface area contributed by atoms with Gasteiger partial charge in [0, 0.05) is 16.7 Å². The molecule has 16 heavy (non-hydrogen) atoms. The average Bonchev–Trinajstić information content (AvgIpc) is 2.61. The first kappa shape index (κ1) is 11.0. The number of hydrogen-bond acceptors (Lipinski definition) is 3. The quantitative estimate of drug-likeness (QED) is 0.855. The summed E-state index contributed by atoms with van der Waals surface area (Å²) in [5.41, 5.74) is 7.43. The lowest BCUT2D eigenvalue weighted by atomic mass is 10.1. The highest BCUT2D eigenvalue weighted by atomic mass is 35.5. The van der Waals surface area contributed by atoms with Crippen molar-refractivity contribution in [2.45, 2.75) is 6.54 Å². The molecule has 1 aromatic heterocycles. The van der Waals surface area contributed by atoms with Crippen LogP contribution in [-0.2, 0) is 6.54 Å². The molecule has 5 heteroatoms. The van der Waals surface area contributed by atoms with Crippen LogP contribution >= 0.6 is 11.6 Å². The molecule has 0 aliphatic rings. The Morgan fingerprint density at radius 3 is 2.88 bits per heavy atom. The van der Waals surface area contributed by atoms with Gasteiger partial charge in [0.2, 0.25) is 0 Å². The summed E-state index contributed by atoms with van der Waals surface area (Å²) in [6.07, 6.45) is 0. The van der Waals surface area contributed by atoms with Crippen LogP contribution in [0.2, 0.25) is 5.02 Å². The fourth-order valence-corrected chi connectivity index (χ4v) is 1.68. The zero-order valence-electron chi connectivity index (χ0n) is 8.60. The van der Waals surface area contributed by atoms with E-state index in [1.54, 1.807) is 16.8 Å². The molecule has 0 bridgehead atoms. The molecule has 2 aromatic rings. The fraction of sp³-hybridized carbons (Fsp3) is 0.182. The zero-order chi connectivity index (χ0) is 11.5. The van der Waals surface area contributed by atoms with Gasteiger partial charge in [-0.15, -0.1) is 0 Å². The van der Waals surface area contributed by atoms with Crippen LogP contribution in [0.4, 0.5) is 5.82 Å². The molecule has 1 heterocycles.